The highest BCUT2D eigenvalue weighted by Crippen LogP contribution is 2.41. The number of anilines is 1. The predicted molar refractivity (Wildman–Crippen MR) is 87.5 cm³/mol. The van der Waals surface area contributed by atoms with Gasteiger partial charge >= 0.3 is 12.1 Å². The fourth-order valence-corrected chi connectivity index (χ4v) is 3.44. The van der Waals surface area contributed by atoms with Gasteiger partial charge in [0.1, 0.15) is 0 Å². The molecule has 2 N–H and O–H groups in total. The lowest BCUT2D eigenvalue weighted by Gasteiger charge is -2.15. The Bertz CT molecular complexity index is 775. The molecule has 0 bridgehead atoms. The number of halogens is 4. The lowest BCUT2D eigenvalue weighted by atomic mass is 10.2. The molecule has 1 heterocycles. The smallest absolute Gasteiger partial charge is 0.419 e. The van der Waals surface area contributed by atoms with Crippen molar-refractivity contribution in [1.29, 1.82) is 0 Å². The molecule has 0 amide bonds. The minimum atomic E-state index is -4.60. The zero-order valence-corrected chi connectivity index (χ0v) is 14.5. The minimum Gasteiger partial charge on any atom is -0.465 e. The van der Waals surface area contributed by atoms with Crippen LogP contribution in [-0.4, -0.2) is 18.1 Å². The number of alkyl halides is 3. The third kappa shape index (κ3) is 3.64. The topological polar surface area (TPSA) is 54.1 Å². The average Bonchev–Trinajstić information content (AvgIpc) is 2.76. The zero-order chi connectivity index (χ0) is 18.1. The molecule has 1 aromatic heterocycles. The summed E-state index contributed by atoms with van der Waals surface area (Å²) in [6, 6.07) is 3.86. The molecule has 0 atom stereocenters. The maximum absolute atomic E-state index is 13.2. The number of benzene rings is 1. The second-order valence-corrected chi connectivity index (χ2v) is 6.16. The lowest BCUT2D eigenvalue weighted by Crippen LogP contribution is -2.09. The summed E-state index contributed by atoms with van der Waals surface area (Å²) in [6.45, 7) is 3.40. The number of aromatic nitrogens is 1. The molecule has 0 aliphatic heterocycles. The first-order valence-electron chi connectivity index (χ1n) is 6.72. The summed E-state index contributed by atoms with van der Waals surface area (Å²) in [4.78, 5) is 15.3. The molecule has 0 unspecified atom stereocenters. The van der Waals surface area contributed by atoms with Gasteiger partial charge in [0.05, 0.1) is 33.8 Å². The number of rotatable bonds is 4. The summed E-state index contributed by atoms with van der Waals surface area (Å²) in [5.74, 6) is -0.566. The number of aromatic amines is 1. The van der Waals surface area contributed by atoms with Crippen molar-refractivity contribution in [2.45, 2.75) is 24.9 Å². The maximum atomic E-state index is 13.2. The molecular weight excluding hydrogens is 365 g/mol. The van der Waals surface area contributed by atoms with E-state index >= 15 is 0 Å². The van der Waals surface area contributed by atoms with Gasteiger partial charge in [-0.25, -0.2) is 4.79 Å². The van der Waals surface area contributed by atoms with Crippen molar-refractivity contribution in [2.24, 2.45) is 0 Å². The van der Waals surface area contributed by atoms with E-state index in [9.17, 15) is 18.0 Å². The van der Waals surface area contributed by atoms with Gasteiger partial charge in [0.15, 0.2) is 0 Å². The quantitative estimate of drug-likeness (QED) is 0.566. The average molecular weight is 379 g/mol. The first-order valence-corrected chi connectivity index (χ1v) is 7.92. The van der Waals surface area contributed by atoms with Crippen molar-refractivity contribution < 1.29 is 22.7 Å². The van der Waals surface area contributed by atoms with Gasteiger partial charge < -0.3 is 14.4 Å². The number of methoxy groups -OCH3 is 1. The van der Waals surface area contributed by atoms with Crippen LogP contribution in [0.4, 0.5) is 18.9 Å². The highest BCUT2D eigenvalue weighted by Gasteiger charge is 2.36. The van der Waals surface area contributed by atoms with Gasteiger partial charge in [-0.15, -0.1) is 0 Å². The van der Waals surface area contributed by atoms with E-state index in [2.05, 4.69) is 9.71 Å². The molecule has 130 valence electrons. The number of nitrogens with one attached hydrogen (secondary N) is 2. The Kier molecular flexibility index (Phi) is 5.39. The monoisotopic (exact) mass is 378 g/mol. The van der Waals surface area contributed by atoms with Crippen LogP contribution in [0.5, 0.6) is 0 Å². The first kappa shape index (κ1) is 18.5. The highest BCUT2D eigenvalue weighted by atomic mass is 35.5. The van der Waals surface area contributed by atoms with Crippen molar-refractivity contribution >= 4 is 35.2 Å². The summed E-state index contributed by atoms with van der Waals surface area (Å²) in [5.41, 5.74) is 0.354. The summed E-state index contributed by atoms with van der Waals surface area (Å²) in [7, 11) is 1.24. The first-order chi connectivity index (χ1) is 11.2. The third-order valence-corrected chi connectivity index (χ3v) is 4.62. The number of ether oxygens (including phenoxy) is 1. The van der Waals surface area contributed by atoms with Crippen molar-refractivity contribution in [3.8, 4) is 0 Å². The lowest BCUT2D eigenvalue weighted by molar-refractivity contribution is -0.136. The van der Waals surface area contributed by atoms with Crippen molar-refractivity contribution in [3.05, 3.63) is 45.7 Å². The van der Waals surface area contributed by atoms with E-state index in [1.165, 1.54) is 25.3 Å². The molecular formula is C15H14ClF3N2O2S. The summed E-state index contributed by atoms with van der Waals surface area (Å²) in [6.07, 6.45) is -4.60. The Balaban J connectivity index is 2.37. The molecule has 24 heavy (non-hydrogen) atoms. The second kappa shape index (κ2) is 6.98. The van der Waals surface area contributed by atoms with E-state index in [4.69, 9.17) is 16.3 Å². The summed E-state index contributed by atoms with van der Waals surface area (Å²) in [5, 5.41) is -0.400. The fourth-order valence-electron chi connectivity index (χ4n) is 2.24. The number of hydrogen-bond acceptors (Lipinski definition) is 4. The predicted octanol–water partition coefficient (Wildman–Crippen LogP) is 5.21. The highest BCUT2D eigenvalue weighted by molar-refractivity contribution is 8.00. The van der Waals surface area contributed by atoms with Crippen LogP contribution in [0.15, 0.2) is 23.1 Å². The van der Waals surface area contributed by atoms with Gasteiger partial charge in [-0.05, 0) is 37.9 Å². The third-order valence-electron chi connectivity index (χ3n) is 3.27. The molecule has 1 aromatic carbocycles. The summed E-state index contributed by atoms with van der Waals surface area (Å²) < 4.78 is 46.9. The van der Waals surface area contributed by atoms with Crippen LogP contribution in [0.25, 0.3) is 0 Å². The van der Waals surface area contributed by atoms with Gasteiger partial charge in [0, 0.05) is 11.4 Å². The van der Waals surface area contributed by atoms with E-state index in [0.29, 0.717) is 16.3 Å². The molecule has 9 heteroatoms. The normalized spacial score (nSPS) is 11.5. The number of carbonyl (C=O) groups excluding carboxylic acids is 1. The number of aryl methyl sites for hydroxylation is 2. The van der Waals surface area contributed by atoms with E-state index in [1.54, 1.807) is 13.8 Å². The molecule has 0 spiro atoms. The van der Waals surface area contributed by atoms with E-state index < -0.39 is 22.7 Å². The molecule has 2 rings (SSSR count). The van der Waals surface area contributed by atoms with Crippen molar-refractivity contribution in [1.82, 2.24) is 4.98 Å². The van der Waals surface area contributed by atoms with E-state index in [-0.39, 0.29) is 11.3 Å². The molecule has 0 radical (unpaired) electrons. The molecule has 0 aliphatic carbocycles. The SMILES string of the molecule is COC(=O)c1c(C)[nH]c(C)c1SNc1cccc(Cl)c1C(F)(F)F. The van der Waals surface area contributed by atoms with Crippen molar-refractivity contribution in [3.63, 3.8) is 0 Å². The minimum absolute atomic E-state index is 0.186. The van der Waals surface area contributed by atoms with Crippen LogP contribution < -0.4 is 4.72 Å². The van der Waals surface area contributed by atoms with E-state index in [1.807, 2.05) is 0 Å². The van der Waals surface area contributed by atoms with Crippen molar-refractivity contribution in [2.75, 3.05) is 11.8 Å². The van der Waals surface area contributed by atoms with Crippen LogP contribution in [-0.2, 0) is 10.9 Å². The second-order valence-electron chi connectivity index (χ2n) is 4.93. The molecule has 0 saturated heterocycles. The van der Waals surface area contributed by atoms with Gasteiger partial charge in [0.25, 0.3) is 0 Å². The Morgan fingerprint density at radius 2 is 1.96 bits per heavy atom. The van der Waals surface area contributed by atoms with Crippen LogP contribution in [0.1, 0.15) is 27.3 Å². The van der Waals surface area contributed by atoms with Crippen LogP contribution in [0.2, 0.25) is 5.02 Å². The van der Waals surface area contributed by atoms with Gasteiger partial charge in [-0.2, -0.15) is 13.2 Å². The van der Waals surface area contributed by atoms with Crippen LogP contribution >= 0.6 is 23.5 Å². The Hall–Kier alpha value is -1.80. The number of hydrogen-bond donors (Lipinski definition) is 2. The van der Waals surface area contributed by atoms with Gasteiger partial charge in [-0.3, -0.25) is 0 Å². The molecule has 0 saturated carbocycles. The Morgan fingerprint density at radius 3 is 2.54 bits per heavy atom. The zero-order valence-electron chi connectivity index (χ0n) is 13.0. The van der Waals surface area contributed by atoms with Gasteiger partial charge in [0.2, 0.25) is 0 Å². The number of H-pyrrole nitrogens is 1. The Morgan fingerprint density at radius 1 is 1.29 bits per heavy atom. The maximum Gasteiger partial charge on any atom is 0.419 e. The molecule has 4 nitrogen and oxygen atoms in total. The number of carbonyl (C=O) groups is 1. The molecule has 2 aromatic rings. The summed E-state index contributed by atoms with van der Waals surface area (Å²) >= 11 is 6.58. The van der Waals surface area contributed by atoms with Crippen LogP contribution in [0, 0.1) is 13.8 Å². The number of esters is 1. The largest absolute Gasteiger partial charge is 0.465 e. The standard InChI is InChI=1S/C15H14ClF3N2O2S/c1-7-11(14(22)23-3)13(8(2)20-7)24-21-10-6-4-5-9(16)12(10)15(17,18)19/h4-6,20-21H,1-3H3. The van der Waals surface area contributed by atoms with Gasteiger partial charge in [-0.1, -0.05) is 17.7 Å². The Labute approximate surface area is 145 Å². The van der Waals surface area contributed by atoms with Crippen LogP contribution in [0.3, 0.4) is 0 Å². The molecule has 0 aliphatic rings. The van der Waals surface area contributed by atoms with E-state index in [0.717, 1.165) is 11.9 Å². The molecule has 0 fully saturated rings. The fraction of sp³-hybridized carbons (Fsp3) is 0.267.